The van der Waals surface area contributed by atoms with Crippen LogP contribution in [0.5, 0.6) is 5.75 Å². The molecular formula is C14H22O4S. The van der Waals surface area contributed by atoms with Crippen molar-refractivity contribution in [3.05, 3.63) is 29.3 Å². The van der Waals surface area contributed by atoms with Crippen molar-refractivity contribution in [2.75, 3.05) is 18.6 Å². The number of aryl methyl sites for hydroxylation is 1. The zero-order valence-corrected chi connectivity index (χ0v) is 12.5. The highest BCUT2D eigenvalue weighted by atomic mass is 32.2. The van der Waals surface area contributed by atoms with E-state index in [1.165, 1.54) is 0 Å². The summed E-state index contributed by atoms with van der Waals surface area (Å²) in [5.41, 5.74) is 1.77. The molecule has 0 fully saturated rings. The number of benzene rings is 1. The van der Waals surface area contributed by atoms with Gasteiger partial charge in [0.1, 0.15) is 15.6 Å². The molecule has 0 heterocycles. The normalized spacial score (nSPS) is 13.3. The van der Waals surface area contributed by atoms with Gasteiger partial charge in [-0.15, -0.1) is 0 Å². The number of aliphatic hydroxyl groups is 1. The van der Waals surface area contributed by atoms with Crippen LogP contribution >= 0.6 is 0 Å². The Bertz CT molecular complexity index is 508. The van der Waals surface area contributed by atoms with E-state index >= 15 is 0 Å². The maximum Gasteiger partial charge on any atom is 0.150 e. The van der Waals surface area contributed by atoms with Crippen LogP contribution < -0.4 is 4.74 Å². The van der Waals surface area contributed by atoms with Crippen molar-refractivity contribution in [1.82, 2.24) is 0 Å². The summed E-state index contributed by atoms with van der Waals surface area (Å²) in [5.74, 6) is 1.02. The number of methoxy groups -OCH3 is 1. The second-order valence-corrected chi connectivity index (χ2v) is 7.10. The second-order valence-electron chi connectivity index (χ2n) is 4.62. The van der Waals surface area contributed by atoms with Crippen molar-refractivity contribution in [1.29, 1.82) is 0 Å². The highest BCUT2D eigenvalue weighted by Crippen LogP contribution is 2.25. The monoisotopic (exact) mass is 286 g/mol. The van der Waals surface area contributed by atoms with E-state index in [1.807, 2.05) is 19.1 Å². The van der Waals surface area contributed by atoms with Crippen LogP contribution in [0.2, 0.25) is 0 Å². The zero-order valence-electron chi connectivity index (χ0n) is 11.7. The summed E-state index contributed by atoms with van der Waals surface area (Å²) < 4.78 is 27.9. The molecule has 0 bridgehead atoms. The number of aliphatic hydroxyl groups excluding tert-OH is 1. The Morgan fingerprint density at radius 1 is 1.37 bits per heavy atom. The van der Waals surface area contributed by atoms with Crippen molar-refractivity contribution < 1.29 is 18.3 Å². The van der Waals surface area contributed by atoms with Gasteiger partial charge in [0.25, 0.3) is 0 Å². The summed E-state index contributed by atoms with van der Waals surface area (Å²) in [6.45, 7) is 3.57. The Labute approximate surface area is 115 Å². The van der Waals surface area contributed by atoms with Crippen LogP contribution in [0.25, 0.3) is 0 Å². The van der Waals surface area contributed by atoms with Crippen molar-refractivity contribution in [3.8, 4) is 5.75 Å². The van der Waals surface area contributed by atoms with E-state index in [4.69, 9.17) is 4.74 Å². The molecule has 0 spiro atoms. The summed E-state index contributed by atoms with van der Waals surface area (Å²) in [6.07, 6.45) is 0.250. The van der Waals surface area contributed by atoms with Crippen LogP contribution in [0.3, 0.4) is 0 Å². The van der Waals surface area contributed by atoms with E-state index in [-0.39, 0.29) is 11.5 Å². The van der Waals surface area contributed by atoms with Gasteiger partial charge in [0.2, 0.25) is 0 Å². The molecule has 0 saturated heterocycles. The maximum atomic E-state index is 11.4. The predicted octanol–water partition coefficient (Wildman–Crippen LogP) is 2.25. The fourth-order valence-corrected chi connectivity index (χ4v) is 2.75. The minimum Gasteiger partial charge on any atom is -0.496 e. The highest BCUT2D eigenvalue weighted by Gasteiger charge is 2.12. The lowest BCUT2D eigenvalue weighted by atomic mass is 10.0. The zero-order chi connectivity index (χ0) is 14.5. The molecule has 0 amide bonds. The number of rotatable bonds is 7. The average Bonchev–Trinajstić information content (AvgIpc) is 2.39. The minimum absolute atomic E-state index is 0.129. The molecule has 0 radical (unpaired) electrons. The molecule has 108 valence electrons. The van der Waals surface area contributed by atoms with Crippen LogP contribution in [-0.4, -0.2) is 32.1 Å². The van der Waals surface area contributed by atoms with Crippen LogP contribution in [-0.2, 0) is 9.84 Å². The molecule has 19 heavy (non-hydrogen) atoms. The second kappa shape index (κ2) is 6.91. The molecule has 0 aliphatic carbocycles. The fraction of sp³-hybridized carbons (Fsp3) is 0.571. The molecule has 1 aromatic rings. The van der Waals surface area contributed by atoms with Crippen LogP contribution in [0, 0.1) is 6.92 Å². The molecule has 0 aliphatic rings. The first-order valence-corrected chi connectivity index (χ1v) is 8.24. The van der Waals surface area contributed by atoms with Gasteiger partial charge in [-0.25, -0.2) is 8.42 Å². The largest absolute Gasteiger partial charge is 0.496 e. The summed E-state index contributed by atoms with van der Waals surface area (Å²) in [4.78, 5) is 0. The molecule has 1 unspecified atom stereocenters. The van der Waals surface area contributed by atoms with Crippen molar-refractivity contribution in [2.24, 2.45) is 0 Å². The molecular weight excluding hydrogens is 264 g/mol. The lowest BCUT2D eigenvalue weighted by Gasteiger charge is -2.13. The van der Waals surface area contributed by atoms with Gasteiger partial charge in [-0.05, 0) is 37.0 Å². The van der Waals surface area contributed by atoms with E-state index in [0.29, 0.717) is 12.8 Å². The highest BCUT2D eigenvalue weighted by molar-refractivity contribution is 7.91. The topological polar surface area (TPSA) is 63.6 Å². The van der Waals surface area contributed by atoms with Gasteiger partial charge in [0.15, 0.2) is 0 Å². The lowest BCUT2D eigenvalue weighted by Crippen LogP contribution is -2.10. The van der Waals surface area contributed by atoms with Crippen LogP contribution in [0.4, 0.5) is 0 Å². The summed E-state index contributed by atoms with van der Waals surface area (Å²) in [6, 6.07) is 5.53. The maximum absolute atomic E-state index is 11.4. The third-order valence-electron chi connectivity index (χ3n) is 3.19. The Hall–Kier alpha value is -1.07. The fourth-order valence-electron chi connectivity index (χ4n) is 1.85. The summed E-state index contributed by atoms with van der Waals surface area (Å²) >= 11 is 0. The molecule has 1 aromatic carbocycles. The van der Waals surface area contributed by atoms with Gasteiger partial charge in [-0.1, -0.05) is 19.1 Å². The lowest BCUT2D eigenvalue weighted by molar-refractivity contribution is 0.166. The number of sulfone groups is 1. The summed E-state index contributed by atoms with van der Waals surface area (Å²) in [5, 5.41) is 10.1. The Morgan fingerprint density at radius 2 is 2.05 bits per heavy atom. The molecule has 5 heteroatoms. The third kappa shape index (κ3) is 4.84. The van der Waals surface area contributed by atoms with Gasteiger partial charge in [0, 0.05) is 5.75 Å². The van der Waals surface area contributed by atoms with Crippen molar-refractivity contribution in [2.45, 2.75) is 32.8 Å². The van der Waals surface area contributed by atoms with Gasteiger partial charge in [0.05, 0.1) is 19.0 Å². The van der Waals surface area contributed by atoms with Crippen LogP contribution in [0.1, 0.15) is 37.0 Å². The number of hydrogen-bond donors (Lipinski definition) is 1. The smallest absolute Gasteiger partial charge is 0.150 e. The first-order chi connectivity index (χ1) is 8.89. The molecule has 0 aromatic heterocycles. The van der Waals surface area contributed by atoms with Gasteiger partial charge >= 0.3 is 0 Å². The van der Waals surface area contributed by atoms with E-state index in [9.17, 15) is 13.5 Å². The van der Waals surface area contributed by atoms with Crippen molar-refractivity contribution in [3.63, 3.8) is 0 Å². The van der Waals surface area contributed by atoms with Gasteiger partial charge < -0.3 is 9.84 Å². The van der Waals surface area contributed by atoms with E-state index in [1.54, 1.807) is 20.1 Å². The van der Waals surface area contributed by atoms with Gasteiger partial charge in [-0.2, -0.15) is 0 Å². The van der Waals surface area contributed by atoms with E-state index < -0.39 is 15.9 Å². The minimum atomic E-state index is -2.95. The number of hydrogen-bond acceptors (Lipinski definition) is 4. The Kier molecular flexibility index (Phi) is 5.82. The SMILES string of the molecule is CCS(=O)(=O)CCCC(O)c1ccc(C)c(OC)c1. The first-order valence-electron chi connectivity index (χ1n) is 6.42. The molecule has 1 N–H and O–H groups in total. The van der Waals surface area contributed by atoms with Gasteiger partial charge in [-0.3, -0.25) is 0 Å². The molecule has 1 atom stereocenters. The van der Waals surface area contributed by atoms with E-state index in [2.05, 4.69) is 0 Å². The molecule has 1 rings (SSSR count). The molecule has 0 saturated carbocycles. The number of ether oxygens (including phenoxy) is 1. The summed E-state index contributed by atoms with van der Waals surface area (Å²) in [7, 11) is -1.36. The van der Waals surface area contributed by atoms with Crippen LogP contribution in [0.15, 0.2) is 18.2 Å². The average molecular weight is 286 g/mol. The Balaban J connectivity index is 2.61. The van der Waals surface area contributed by atoms with Crippen molar-refractivity contribution >= 4 is 9.84 Å². The predicted molar refractivity (Wildman–Crippen MR) is 76.3 cm³/mol. The standard InChI is InChI=1S/C14H22O4S/c1-4-19(16,17)9-5-6-13(15)12-8-7-11(2)14(10-12)18-3/h7-8,10,13,15H,4-6,9H2,1-3H3. The van der Waals surface area contributed by atoms with E-state index in [0.717, 1.165) is 16.9 Å². The third-order valence-corrected chi connectivity index (χ3v) is 4.98. The quantitative estimate of drug-likeness (QED) is 0.835. The Morgan fingerprint density at radius 3 is 2.63 bits per heavy atom. The first kappa shape index (κ1) is 16.0. The molecule has 0 aliphatic heterocycles. The molecule has 4 nitrogen and oxygen atoms in total.